The highest BCUT2D eigenvalue weighted by Crippen LogP contribution is 2.33. The Morgan fingerprint density at radius 3 is 2.61 bits per heavy atom. The van der Waals surface area contributed by atoms with Gasteiger partial charge >= 0.3 is 6.18 Å². The number of rotatable bonds is 6. The smallest absolute Gasteiger partial charge is 0.373 e. The molecule has 1 saturated heterocycles. The molecular weight excluding hydrogens is 401 g/mol. The van der Waals surface area contributed by atoms with Crippen LogP contribution in [0.4, 0.5) is 19.0 Å². The average Bonchev–Trinajstić information content (AvgIpc) is 3.22. The molecule has 0 saturated carbocycles. The minimum Gasteiger partial charge on any atom is -0.373 e. The summed E-state index contributed by atoms with van der Waals surface area (Å²) in [6.45, 7) is 1.78. The predicted molar refractivity (Wildman–Crippen MR) is 115 cm³/mol. The molecule has 3 heterocycles. The Labute approximate surface area is 180 Å². The van der Waals surface area contributed by atoms with Crippen LogP contribution in [0.25, 0.3) is 0 Å². The number of benzene rings is 1. The molecule has 31 heavy (non-hydrogen) atoms. The normalized spacial score (nSPS) is 17.1. The van der Waals surface area contributed by atoms with Crippen LogP contribution >= 0.6 is 0 Å². The van der Waals surface area contributed by atoms with E-state index in [2.05, 4.69) is 21.3 Å². The van der Waals surface area contributed by atoms with Crippen LogP contribution in [0.3, 0.4) is 0 Å². The molecule has 162 valence electrons. The van der Waals surface area contributed by atoms with Gasteiger partial charge in [-0.25, -0.2) is 4.98 Å². The van der Waals surface area contributed by atoms with Crippen molar-refractivity contribution in [2.24, 2.45) is 0 Å². The number of anilines is 1. The number of hydrogen-bond acceptors (Lipinski definition) is 4. The van der Waals surface area contributed by atoms with Crippen molar-refractivity contribution in [3.63, 3.8) is 0 Å². The van der Waals surface area contributed by atoms with Gasteiger partial charge in [-0.15, -0.1) is 0 Å². The standard InChI is InChI=1S/C24H25F3N4/c1-28-23-18(5-3-13-29-23)16-31-14-4-8-22(31)21-7-2-6-20(30-21)15-17-9-11-19(12-10-17)24(25,26)27/h2-3,5-7,9-13,22H,4,8,14-16H2,1H3,(H,28,29). The Morgan fingerprint density at radius 1 is 1.06 bits per heavy atom. The zero-order valence-corrected chi connectivity index (χ0v) is 17.4. The van der Waals surface area contributed by atoms with Crippen LogP contribution in [0.2, 0.25) is 0 Å². The Kier molecular flexibility index (Phi) is 6.23. The summed E-state index contributed by atoms with van der Waals surface area (Å²) < 4.78 is 38.4. The molecule has 1 aliphatic rings. The topological polar surface area (TPSA) is 41.1 Å². The first-order chi connectivity index (χ1) is 14.9. The zero-order valence-electron chi connectivity index (χ0n) is 17.4. The summed E-state index contributed by atoms with van der Waals surface area (Å²) in [5.41, 5.74) is 3.21. The molecule has 1 aromatic carbocycles. The number of nitrogens with zero attached hydrogens (tertiary/aromatic N) is 3. The largest absolute Gasteiger partial charge is 0.416 e. The van der Waals surface area contributed by atoms with Gasteiger partial charge in [0.2, 0.25) is 0 Å². The molecule has 4 nitrogen and oxygen atoms in total. The lowest BCUT2D eigenvalue weighted by Crippen LogP contribution is -2.24. The molecule has 1 aliphatic heterocycles. The Morgan fingerprint density at radius 2 is 1.87 bits per heavy atom. The molecule has 1 atom stereocenters. The van der Waals surface area contributed by atoms with Crippen LogP contribution in [0, 0.1) is 0 Å². The van der Waals surface area contributed by atoms with E-state index in [1.807, 2.05) is 31.3 Å². The van der Waals surface area contributed by atoms with Gasteiger partial charge in [-0.1, -0.05) is 24.3 Å². The van der Waals surface area contributed by atoms with Crippen molar-refractivity contribution in [1.29, 1.82) is 0 Å². The molecule has 2 aromatic heterocycles. The summed E-state index contributed by atoms with van der Waals surface area (Å²) in [6, 6.07) is 15.5. The highest BCUT2D eigenvalue weighted by atomic mass is 19.4. The lowest BCUT2D eigenvalue weighted by molar-refractivity contribution is -0.137. The van der Waals surface area contributed by atoms with Crippen molar-refractivity contribution in [3.05, 3.63) is 88.9 Å². The van der Waals surface area contributed by atoms with Crippen molar-refractivity contribution < 1.29 is 13.2 Å². The molecular formula is C24H25F3N4. The first-order valence-corrected chi connectivity index (χ1v) is 10.4. The molecule has 3 aromatic rings. The Hall–Kier alpha value is -2.93. The van der Waals surface area contributed by atoms with Crippen molar-refractivity contribution in [2.45, 2.75) is 38.0 Å². The van der Waals surface area contributed by atoms with Crippen LogP contribution in [0.1, 0.15) is 47.0 Å². The maximum atomic E-state index is 12.8. The Bertz CT molecular complexity index is 1020. The summed E-state index contributed by atoms with van der Waals surface area (Å²) in [4.78, 5) is 11.7. The second-order valence-corrected chi connectivity index (χ2v) is 7.81. The zero-order chi connectivity index (χ0) is 21.8. The number of aromatic nitrogens is 2. The van der Waals surface area contributed by atoms with E-state index in [0.29, 0.717) is 6.42 Å². The van der Waals surface area contributed by atoms with Gasteiger partial charge in [0.1, 0.15) is 5.82 Å². The van der Waals surface area contributed by atoms with Crippen LogP contribution in [-0.4, -0.2) is 28.5 Å². The lowest BCUT2D eigenvalue weighted by atomic mass is 10.0. The first kappa shape index (κ1) is 21.3. The van der Waals surface area contributed by atoms with Crippen molar-refractivity contribution >= 4 is 5.82 Å². The molecule has 1 N–H and O–H groups in total. The van der Waals surface area contributed by atoms with Crippen molar-refractivity contribution in [3.8, 4) is 0 Å². The lowest BCUT2D eigenvalue weighted by Gasteiger charge is -2.25. The fourth-order valence-electron chi connectivity index (χ4n) is 4.16. The molecule has 0 aliphatic carbocycles. The van der Waals surface area contributed by atoms with Crippen LogP contribution < -0.4 is 5.32 Å². The van der Waals surface area contributed by atoms with Gasteiger partial charge in [-0.05, 0) is 55.3 Å². The molecule has 0 spiro atoms. The van der Waals surface area contributed by atoms with E-state index in [0.717, 1.165) is 66.4 Å². The molecule has 1 fully saturated rings. The maximum absolute atomic E-state index is 12.8. The first-order valence-electron chi connectivity index (χ1n) is 10.4. The van der Waals surface area contributed by atoms with Crippen LogP contribution in [0.15, 0.2) is 60.8 Å². The molecule has 0 radical (unpaired) electrons. The molecule has 1 unspecified atom stereocenters. The highest BCUT2D eigenvalue weighted by molar-refractivity contribution is 5.43. The van der Waals surface area contributed by atoms with Gasteiger partial charge in [0.05, 0.1) is 17.3 Å². The fraction of sp³-hybridized carbons (Fsp3) is 0.333. The van der Waals surface area contributed by atoms with Gasteiger partial charge in [0, 0.05) is 37.5 Å². The van der Waals surface area contributed by atoms with E-state index in [1.54, 1.807) is 6.20 Å². The minimum absolute atomic E-state index is 0.220. The average molecular weight is 426 g/mol. The fourth-order valence-corrected chi connectivity index (χ4v) is 4.16. The quantitative estimate of drug-likeness (QED) is 0.568. The Balaban J connectivity index is 1.49. The summed E-state index contributed by atoms with van der Waals surface area (Å²) >= 11 is 0. The van der Waals surface area contributed by atoms with Crippen LogP contribution in [-0.2, 0) is 19.1 Å². The summed E-state index contributed by atoms with van der Waals surface area (Å²) in [5, 5.41) is 3.15. The van der Waals surface area contributed by atoms with Gasteiger partial charge in [0.25, 0.3) is 0 Å². The third-order valence-corrected chi connectivity index (χ3v) is 5.70. The van der Waals surface area contributed by atoms with Gasteiger partial charge in [-0.3, -0.25) is 9.88 Å². The molecule has 0 amide bonds. The summed E-state index contributed by atoms with van der Waals surface area (Å²) in [5.74, 6) is 0.886. The predicted octanol–water partition coefficient (Wildman–Crippen LogP) is 5.47. The second kappa shape index (κ2) is 9.06. The van der Waals surface area contributed by atoms with E-state index in [9.17, 15) is 13.2 Å². The number of halogens is 3. The van der Waals surface area contributed by atoms with Crippen molar-refractivity contribution in [2.75, 3.05) is 18.9 Å². The maximum Gasteiger partial charge on any atom is 0.416 e. The van der Waals surface area contributed by atoms with Crippen molar-refractivity contribution in [1.82, 2.24) is 14.9 Å². The number of pyridine rings is 2. The SMILES string of the molecule is CNc1ncccc1CN1CCCC1c1cccc(Cc2ccc(C(F)(F)F)cc2)n1. The van der Waals surface area contributed by atoms with E-state index in [4.69, 9.17) is 4.98 Å². The third kappa shape index (κ3) is 5.05. The number of hydrogen-bond donors (Lipinski definition) is 1. The van der Waals surface area contributed by atoms with Gasteiger partial charge in [0.15, 0.2) is 0 Å². The minimum atomic E-state index is -4.32. The molecule has 4 rings (SSSR count). The summed E-state index contributed by atoms with van der Waals surface area (Å²) in [6.07, 6.45) is 0.106. The number of alkyl halides is 3. The molecule has 0 bridgehead atoms. The van der Waals surface area contributed by atoms with E-state index >= 15 is 0 Å². The van der Waals surface area contributed by atoms with E-state index in [1.165, 1.54) is 12.1 Å². The van der Waals surface area contributed by atoms with Gasteiger partial charge < -0.3 is 5.32 Å². The van der Waals surface area contributed by atoms with E-state index in [-0.39, 0.29) is 6.04 Å². The van der Waals surface area contributed by atoms with Gasteiger partial charge in [-0.2, -0.15) is 13.2 Å². The number of likely N-dealkylation sites (tertiary alicyclic amines) is 1. The van der Waals surface area contributed by atoms with E-state index < -0.39 is 11.7 Å². The van der Waals surface area contributed by atoms with Crippen LogP contribution in [0.5, 0.6) is 0 Å². The summed E-state index contributed by atoms with van der Waals surface area (Å²) in [7, 11) is 1.87. The monoisotopic (exact) mass is 426 g/mol. The second-order valence-electron chi connectivity index (χ2n) is 7.81. The highest BCUT2D eigenvalue weighted by Gasteiger charge is 2.30. The third-order valence-electron chi connectivity index (χ3n) is 5.70. The number of nitrogens with one attached hydrogen (secondary N) is 1. The molecule has 7 heteroatoms.